The van der Waals surface area contributed by atoms with Gasteiger partial charge >= 0.3 is 0 Å². The maximum absolute atomic E-state index is 10.8. The van der Waals surface area contributed by atoms with Crippen LogP contribution in [0.3, 0.4) is 0 Å². The van der Waals surface area contributed by atoms with E-state index in [1.807, 2.05) is 60.7 Å². The Morgan fingerprint density at radius 3 is 2.00 bits per heavy atom. The first-order chi connectivity index (χ1) is 10.3. The monoisotopic (exact) mass is 280 g/mol. The molecule has 21 heavy (non-hydrogen) atoms. The Bertz CT molecular complexity index is 697. The molecule has 5 heteroatoms. The van der Waals surface area contributed by atoms with E-state index in [0.717, 1.165) is 11.1 Å². The number of rotatable bonds is 4. The molecule has 0 spiro atoms. The van der Waals surface area contributed by atoms with Gasteiger partial charge in [0.05, 0.1) is 12.0 Å². The van der Waals surface area contributed by atoms with Crippen LogP contribution in [0.2, 0.25) is 0 Å². The summed E-state index contributed by atoms with van der Waals surface area (Å²) in [7, 11) is 1.78. The molecule has 0 radical (unpaired) electrons. The Morgan fingerprint density at radius 1 is 0.905 bits per heavy atom. The lowest BCUT2D eigenvalue weighted by Crippen LogP contribution is -2.17. The molecule has 5 nitrogen and oxygen atoms in total. The lowest BCUT2D eigenvalue weighted by atomic mass is 9.88. The molecule has 3 rings (SSSR count). The van der Waals surface area contributed by atoms with Crippen molar-refractivity contribution in [2.24, 2.45) is 7.05 Å². The maximum atomic E-state index is 10.8. The van der Waals surface area contributed by atoms with Crippen LogP contribution in [-0.4, -0.2) is 25.3 Å². The standard InChI is InChI=1S/C16H16N4O/c1-20-16(17-18-19-20)14(12-8-4-2-5-9-12)15(21)13-10-6-3-7-11-13/h2-11,14-15,21H,1H3. The minimum absolute atomic E-state index is 0.311. The number of aliphatic hydroxyl groups excluding tert-OH is 1. The molecule has 0 saturated carbocycles. The van der Waals surface area contributed by atoms with Gasteiger partial charge in [-0.05, 0) is 21.6 Å². The van der Waals surface area contributed by atoms with Crippen molar-refractivity contribution in [3.05, 3.63) is 77.6 Å². The van der Waals surface area contributed by atoms with E-state index in [1.165, 1.54) is 0 Å². The third kappa shape index (κ3) is 2.68. The fourth-order valence-electron chi connectivity index (χ4n) is 2.48. The quantitative estimate of drug-likeness (QED) is 0.794. The van der Waals surface area contributed by atoms with Crippen LogP contribution in [-0.2, 0) is 7.05 Å². The Labute approximate surface area is 122 Å². The van der Waals surface area contributed by atoms with E-state index in [2.05, 4.69) is 15.5 Å². The lowest BCUT2D eigenvalue weighted by Gasteiger charge is -2.22. The van der Waals surface area contributed by atoms with Gasteiger partial charge in [-0.3, -0.25) is 0 Å². The van der Waals surface area contributed by atoms with Crippen LogP contribution in [0.25, 0.3) is 0 Å². The molecule has 0 aliphatic rings. The Hall–Kier alpha value is -2.53. The van der Waals surface area contributed by atoms with Crippen molar-refractivity contribution in [1.29, 1.82) is 0 Å². The number of benzene rings is 2. The van der Waals surface area contributed by atoms with Crippen LogP contribution >= 0.6 is 0 Å². The normalized spacial score (nSPS) is 13.8. The first-order valence-electron chi connectivity index (χ1n) is 6.77. The summed E-state index contributed by atoms with van der Waals surface area (Å²) in [5.74, 6) is 0.325. The minimum atomic E-state index is -0.710. The molecule has 0 aliphatic heterocycles. The smallest absolute Gasteiger partial charge is 0.161 e. The summed E-state index contributed by atoms with van der Waals surface area (Å²) >= 11 is 0. The van der Waals surface area contributed by atoms with Gasteiger partial charge in [0.2, 0.25) is 0 Å². The molecule has 1 heterocycles. The van der Waals surface area contributed by atoms with Crippen molar-refractivity contribution in [2.45, 2.75) is 12.0 Å². The van der Waals surface area contributed by atoms with Gasteiger partial charge in [-0.15, -0.1) is 5.10 Å². The van der Waals surface area contributed by atoms with Gasteiger partial charge in [-0.1, -0.05) is 60.7 Å². The molecule has 2 atom stereocenters. The van der Waals surface area contributed by atoms with Crippen LogP contribution in [0.4, 0.5) is 0 Å². The average Bonchev–Trinajstić information content (AvgIpc) is 2.95. The third-order valence-electron chi connectivity index (χ3n) is 3.55. The highest BCUT2D eigenvalue weighted by molar-refractivity contribution is 5.31. The average molecular weight is 280 g/mol. The van der Waals surface area contributed by atoms with Crippen LogP contribution in [0, 0.1) is 0 Å². The molecule has 0 saturated heterocycles. The highest BCUT2D eigenvalue weighted by Crippen LogP contribution is 2.34. The molecule has 2 unspecified atom stereocenters. The summed E-state index contributed by atoms with van der Waals surface area (Å²) < 4.78 is 1.60. The predicted octanol–water partition coefficient (Wildman–Crippen LogP) is 2.08. The molecule has 1 aromatic heterocycles. The zero-order valence-electron chi connectivity index (χ0n) is 11.7. The highest BCUT2D eigenvalue weighted by atomic mass is 16.3. The minimum Gasteiger partial charge on any atom is -0.387 e. The van der Waals surface area contributed by atoms with E-state index < -0.39 is 6.10 Å². The number of aryl methyl sites for hydroxylation is 1. The van der Waals surface area contributed by atoms with Crippen molar-refractivity contribution >= 4 is 0 Å². The molecule has 0 aliphatic carbocycles. The predicted molar refractivity (Wildman–Crippen MR) is 78.5 cm³/mol. The van der Waals surface area contributed by atoms with E-state index in [-0.39, 0.29) is 5.92 Å². The molecular weight excluding hydrogens is 264 g/mol. The maximum Gasteiger partial charge on any atom is 0.161 e. The van der Waals surface area contributed by atoms with Gasteiger partial charge in [0.25, 0.3) is 0 Å². The van der Waals surface area contributed by atoms with E-state index in [4.69, 9.17) is 0 Å². The van der Waals surface area contributed by atoms with Crippen molar-refractivity contribution in [3.63, 3.8) is 0 Å². The molecule has 0 bridgehead atoms. The topological polar surface area (TPSA) is 63.8 Å². The molecule has 3 aromatic rings. The van der Waals surface area contributed by atoms with Crippen molar-refractivity contribution < 1.29 is 5.11 Å². The Morgan fingerprint density at radius 2 is 1.48 bits per heavy atom. The zero-order chi connectivity index (χ0) is 14.7. The summed E-state index contributed by atoms with van der Waals surface area (Å²) in [4.78, 5) is 0. The SMILES string of the molecule is Cn1nnnc1C(c1ccccc1)C(O)c1ccccc1. The fourth-order valence-corrected chi connectivity index (χ4v) is 2.48. The fraction of sp³-hybridized carbons (Fsp3) is 0.188. The van der Waals surface area contributed by atoms with Gasteiger partial charge < -0.3 is 5.11 Å². The molecule has 1 N–H and O–H groups in total. The van der Waals surface area contributed by atoms with Gasteiger partial charge in [0, 0.05) is 7.05 Å². The zero-order valence-corrected chi connectivity index (χ0v) is 11.7. The summed E-state index contributed by atoms with van der Waals surface area (Å²) in [6.45, 7) is 0. The van der Waals surface area contributed by atoms with Crippen molar-refractivity contribution in [1.82, 2.24) is 20.2 Å². The van der Waals surface area contributed by atoms with Crippen LogP contribution in [0.15, 0.2) is 60.7 Å². The van der Waals surface area contributed by atoms with Gasteiger partial charge in [-0.2, -0.15) is 0 Å². The number of aliphatic hydroxyl groups is 1. The van der Waals surface area contributed by atoms with Crippen LogP contribution < -0.4 is 0 Å². The Kier molecular flexibility index (Phi) is 3.75. The summed E-state index contributed by atoms with van der Waals surface area (Å²) in [5.41, 5.74) is 1.82. The lowest BCUT2D eigenvalue weighted by molar-refractivity contribution is 0.154. The summed E-state index contributed by atoms with van der Waals surface area (Å²) in [6, 6.07) is 19.4. The molecule has 106 valence electrons. The second-order valence-electron chi connectivity index (χ2n) is 4.90. The molecule has 2 aromatic carbocycles. The second-order valence-corrected chi connectivity index (χ2v) is 4.90. The number of aromatic nitrogens is 4. The Balaban J connectivity index is 2.07. The van der Waals surface area contributed by atoms with E-state index >= 15 is 0 Å². The number of nitrogens with zero attached hydrogens (tertiary/aromatic N) is 4. The molecular formula is C16H16N4O. The van der Waals surface area contributed by atoms with Gasteiger partial charge in [0.15, 0.2) is 5.82 Å². The number of hydrogen-bond donors (Lipinski definition) is 1. The van der Waals surface area contributed by atoms with E-state index in [0.29, 0.717) is 5.82 Å². The highest BCUT2D eigenvalue weighted by Gasteiger charge is 2.28. The first kappa shape index (κ1) is 13.5. The molecule has 0 amide bonds. The largest absolute Gasteiger partial charge is 0.387 e. The molecule has 0 fully saturated rings. The third-order valence-corrected chi connectivity index (χ3v) is 3.55. The number of tetrazole rings is 1. The van der Waals surface area contributed by atoms with Crippen molar-refractivity contribution in [3.8, 4) is 0 Å². The van der Waals surface area contributed by atoms with Gasteiger partial charge in [-0.25, -0.2) is 4.68 Å². The van der Waals surface area contributed by atoms with Crippen LogP contribution in [0.1, 0.15) is 29.0 Å². The van der Waals surface area contributed by atoms with Crippen molar-refractivity contribution in [2.75, 3.05) is 0 Å². The summed E-state index contributed by atoms with van der Waals surface area (Å²) in [6.07, 6.45) is -0.710. The van der Waals surface area contributed by atoms with Crippen LogP contribution in [0.5, 0.6) is 0 Å². The summed E-state index contributed by atoms with van der Waals surface area (Å²) in [5, 5.41) is 22.5. The second kappa shape index (κ2) is 5.85. The first-order valence-corrected chi connectivity index (χ1v) is 6.77. The van der Waals surface area contributed by atoms with Gasteiger partial charge in [0.1, 0.15) is 0 Å². The van der Waals surface area contributed by atoms with E-state index in [1.54, 1.807) is 11.7 Å². The number of hydrogen-bond acceptors (Lipinski definition) is 4. The van der Waals surface area contributed by atoms with E-state index in [9.17, 15) is 5.11 Å².